The molecule has 210 valence electrons. The van der Waals surface area contributed by atoms with Gasteiger partial charge in [-0.05, 0) is 70.4 Å². The van der Waals surface area contributed by atoms with Gasteiger partial charge >= 0.3 is 6.09 Å². The van der Waals surface area contributed by atoms with E-state index >= 15 is 0 Å². The molecule has 8 heteroatoms. The molecule has 0 aliphatic rings. The number of amides is 3. The fourth-order valence-corrected chi connectivity index (χ4v) is 4.33. The highest BCUT2D eigenvalue weighted by Crippen LogP contribution is 2.26. The molecule has 0 radical (unpaired) electrons. The number of alkyl carbamates (subject to hydrolysis) is 1. The summed E-state index contributed by atoms with van der Waals surface area (Å²) in [5.41, 5.74) is 0.962. The summed E-state index contributed by atoms with van der Waals surface area (Å²) in [6, 6.07) is 11.2. The van der Waals surface area contributed by atoms with Crippen LogP contribution in [-0.2, 0) is 20.7 Å². The standard InChI is InChI=1S/C31H41N3O5/c1-8-13-21(4)32-28(36)27(25-15-12-11-14-23(25)9-2)34(10-3)29(37)26(33-30(38)39-31(5,6)7)20-22-16-18-24(35)19-17-22/h2,11-12,14-19,21,26-27,35H,8,10,13,20H2,1,3-7H3,(H,32,36)(H,33,38). The van der Waals surface area contributed by atoms with E-state index in [1.54, 1.807) is 64.1 Å². The number of phenols is 1. The first-order valence-electron chi connectivity index (χ1n) is 13.3. The van der Waals surface area contributed by atoms with Gasteiger partial charge in [-0.1, -0.05) is 49.6 Å². The zero-order valence-electron chi connectivity index (χ0n) is 23.8. The normalized spacial score (nSPS) is 13.4. The second-order valence-corrected chi connectivity index (χ2v) is 10.5. The topological polar surface area (TPSA) is 108 Å². The Bertz CT molecular complexity index is 1160. The van der Waals surface area contributed by atoms with Crippen molar-refractivity contribution >= 4 is 17.9 Å². The molecule has 0 fully saturated rings. The zero-order valence-corrected chi connectivity index (χ0v) is 23.8. The summed E-state index contributed by atoms with van der Waals surface area (Å²) in [7, 11) is 0. The summed E-state index contributed by atoms with van der Waals surface area (Å²) in [5, 5.41) is 15.4. The maximum Gasteiger partial charge on any atom is 0.408 e. The Kier molecular flexibility index (Phi) is 11.4. The van der Waals surface area contributed by atoms with Crippen LogP contribution in [0, 0.1) is 12.3 Å². The van der Waals surface area contributed by atoms with Crippen LogP contribution in [0.3, 0.4) is 0 Å². The molecular weight excluding hydrogens is 494 g/mol. The number of phenolic OH excluding ortho intramolecular Hbond substituents is 1. The summed E-state index contributed by atoms with van der Waals surface area (Å²) in [6.07, 6.45) is 6.80. The highest BCUT2D eigenvalue weighted by atomic mass is 16.6. The minimum Gasteiger partial charge on any atom is -0.508 e. The van der Waals surface area contributed by atoms with Crippen molar-refractivity contribution in [3.8, 4) is 18.1 Å². The lowest BCUT2D eigenvalue weighted by Gasteiger charge is -2.34. The minimum absolute atomic E-state index is 0.0840. The molecule has 0 saturated carbocycles. The Hall–Kier alpha value is -3.99. The third kappa shape index (κ3) is 9.36. The number of carbonyl (C=O) groups is 3. The number of hydrogen-bond donors (Lipinski definition) is 3. The lowest BCUT2D eigenvalue weighted by molar-refractivity contribution is -0.142. The van der Waals surface area contributed by atoms with Crippen molar-refractivity contribution in [2.75, 3.05) is 6.54 Å². The van der Waals surface area contributed by atoms with Crippen LogP contribution < -0.4 is 10.6 Å². The van der Waals surface area contributed by atoms with Crippen molar-refractivity contribution in [2.45, 2.75) is 84.5 Å². The van der Waals surface area contributed by atoms with Crippen molar-refractivity contribution in [1.29, 1.82) is 0 Å². The van der Waals surface area contributed by atoms with E-state index in [-0.39, 0.29) is 30.7 Å². The van der Waals surface area contributed by atoms with Crippen LogP contribution in [0.4, 0.5) is 4.79 Å². The third-order valence-electron chi connectivity index (χ3n) is 6.07. The van der Waals surface area contributed by atoms with Gasteiger partial charge in [-0.25, -0.2) is 4.79 Å². The smallest absolute Gasteiger partial charge is 0.408 e. The largest absolute Gasteiger partial charge is 0.508 e. The molecule has 39 heavy (non-hydrogen) atoms. The van der Waals surface area contributed by atoms with Crippen molar-refractivity contribution in [1.82, 2.24) is 15.5 Å². The van der Waals surface area contributed by atoms with Gasteiger partial charge in [0.1, 0.15) is 23.4 Å². The monoisotopic (exact) mass is 535 g/mol. The van der Waals surface area contributed by atoms with E-state index in [1.807, 2.05) is 13.8 Å². The number of aromatic hydroxyl groups is 1. The van der Waals surface area contributed by atoms with Crippen molar-refractivity contribution in [3.63, 3.8) is 0 Å². The lowest BCUT2D eigenvalue weighted by Crippen LogP contribution is -2.54. The number of benzene rings is 2. The van der Waals surface area contributed by atoms with Crippen LogP contribution in [0.2, 0.25) is 0 Å². The van der Waals surface area contributed by atoms with Crippen molar-refractivity contribution < 1.29 is 24.2 Å². The van der Waals surface area contributed by atoms with Crippen LogP contribution >= 0.6 is 0 Å². The number of nitrogens with zero attached hydrogens (tertiary/aromatic N) is 1. The second kappa shape index (κ2) is 14.2. The fraction of sp³-hybridized carbons (Fsp3) is 0.452. The molecule has 0 heterocycles. The van der Waals surface area contributed by atoms with Gasteiger partial charge in [0.05, 0.1) is 0 Å². The summed E-state index contributed by atoms with van der Waals surface area (Å²) < 4.78 is 5.43. The summed E-state index contributed by atoms with van der Waals surface area (Å²) in [4.78, 5) is 42.1. The van der Waals surface area contributed by atoms with E-state index in [0.717, 1.165) is 12.8 Å². The molecule has 0 aromatic heterocycles. The highest BCUT2D eigenvalue weighted by Gasteiger charge is 2.36. The molecule has 3 amide bonds. The first-order chi connectivity index (χ1) is 18.4. The van der Waals surface area contributed by atoms with Gasteiger partial charge < -0.3 is 25.4 Å². The van der Waals surface area contributed by atoms with E-state index in [4.69, 9.17) is 11.2 Å². The summed E-state index contributed by atoms with van der Waals surface area (Å²) >= 11 is 0. The van der Waals surface area contributed by atoms with Gasteiger partial charge in [0.2, 0.25) is 11.8 Å². The number of likely N-dealkylation sites (N-methyl/N-ethyl adjacent to an activating group) is 1. The van der Waals surface area contributed by atoms with Gasteiger partial charge in [0.25, 0.3) is 0 Å². The Morgan fingerprint density at radius 3 is 2.26 bits per heavy atom. The molecule has 0 saturated heterocycles. The molecule has 2 aromatic rings. The molecule has 3 N–H and O–H groups in total. The summed E-state index contributed by atoms with van der Waals surface area (Å²) in [6.45, 7) is 11.1. The number of carbonyl (C=O) groups excluding carboxylic acids is 3. The van der Waals surface area contributed by atoms with Crippen molar-refractivity contribution in [3.05, 3.63) is 65.2 Å². The molecule has 2 aromatic carbocycles. The average Bonchev–Trinajstić information content (AvgIpc) is 2.86. The van der Waals surface area contributed by atoms with Crippen LogP contribution in [0.1, 0.15) is 77.1 Å². The molecule has 0 spiro atoms. The highest BCUT2D eigenvalue weighted by molar-refractivity contribution is 5.92. The predicted octanol–water partition coefficient (Wildman–Crippen LogP) is 4.70. The van der Waals surface area contributed by atoms with E-state index < -0.39 is 29.7 Å². The van der Waals surface area contributed by atoms with E-state index in [9.17, 15) is 19.5 Å². The van der Waals surface area contributed by atoms with Crippen LogP contribution in [0.15, 0.2) is 48.5 Å². The predicted molar refractivity (Wildman–Crippen MR) is 152 cm³/mol. The number of nitrogens with one attached hydrogen (secondary N) is 2. The van der Waals surface area contributed by atoms with Crippen LogP contribution in [0.25, 0.3) is 0 Å². The maximum absolute atomic E-state index is 14.2. The van der Waals surface area contributed by atoms with Crippen LogP contribution in [-0.4, -0.2) is 52.1 Å². The van der Waals surface area contributed by atoms with E-state index in [1.165, 1.54) is 17.0 Å². The Morgan fingerprint density at radius 2 is 1.69 bits per heavy atom. The van der Waals surface area contributed by atoms with Gasteiger partial charge in [0, 0.05) is 24.6 Å². The second-order valence-electron chi connectivity index (χ2n) is 10.5. The molecule has 3 atom stereocenters. The van der Waals surface area contributed by atoms with E-state index in [2.05, 4.69) is 16.6 Å². The van der Waals surface area contributed by atoms with Gasteiger partial charge in [0.15, 0.2) is 0 Å². The zero-order chi connectivity index (χ0) is 29.2. The van der Waals surface area contributed by atoms with Gasteiger partial charge in [-0.15, -0.1) is 6.42 Å². The van der Waals surface area contributed by atoms with Gasteiger partial charge in [-0.2, -0.15) is 0 Å². The third-order valence-corrected chi connectivity index (χ3v) is 6.07. The van der Waals surface area contributed by atoms with Crippen LogP contribution in [0.5, 0.6) is 5.75 Å². The van der Waals surface area contributed by atoms with Crippen molar-refractivity contribution in [2.24, 2.45) is 0 Å². The molecule has 3 unspecified atom stereocenters. The Labute approximate surface area is 232 Å². The van der Waals surface area contributed by atoms with E-state index in [0.29, 0.717) is 16.7 Å². The Morgan fingerprint density at radius 1 is 1.05 bits per heavy atom. The number of ether oxygens (including phenoxy) is 1. The SMILES string of the molecule is C#Cc1ccccc1C(C(=O)NC(C)CCC)N(CC)C(=O)C(Cc1ccc(O)cc1)NC(=O)OC(C)(C)C. The first kappa shape index (κ1) is 31.2. The van der Waals surface area contributed by atoms with Gasteiger partial charge in [-0.3, -0.25) is 9.59 Å². The number of rotatable bonds is 11. The Balaban J connectivity index is 2.53. The average molecular weight is 536 g/mol. The molecular formula is C31H41N3O5. The summed E-state index contributed by atoms with van der Waals surface area (Å²) in [5.74, 6) is 1.89. The number of hydrogen-bond acceptors (Lipinski definition) is 5. The fourth-order valence-electron chi connectivity index (χ4n) is 4.33. The quantitative estimate of drug-likeness (QED) is 0.362. The lowest BCUT2D eigenvalue weighted by atomic mass is 9.96. The number of terminal acetylenes is 1. The molecule has 0 aliphatic heterocycles. The minimum atomic E-state index is -1.05. The molecule has 0 bridgehead atoms. The first-order valence-corrected chi connectivity index (χ1v) is 13.3. The molecule has 0 aliphatic carbocycles. The maximum atomic E-state index is 14.2. The molecule has 8 nitrogen and oxygen atoms in total. The molecule has 2 rings (SSSR count).